The second kappa shape index (κ2) is 9.79. The summed E-state index contributed by atoms with van der Waals surface area (Å²) >= 11 is 0. The second-order valence-corrected chi connectivity index (χ2v) is 11.1. The van der Waals surface area contributed by atoms with Gasteiger partial charge in [0.25, 0.3) is 0 Å². The number of piperidine rings is 1. The first-order valence-electron chi connectivity index (χ1n) is 11.4. The largest absolute Gasteiger partial charge is 0.480 e. The molecule has 1 N–H and O–H groups in total. The molecule has 1 saturated carbocycles. The number of methoxy groups -OCH3 is 1. The number of sulfonamides is 1. The van der Waals surface area contributed by atoms with Crippen molar-refractivity contribution in [1.82, 2.24) is 14.7 Å². The smallest absolute Gasteiger partial charge is 0.231 e. The number of amides is 1. The molecule has 1 atom stereocenters. The van der Waals surface area contributed by atoms with Gasteiger partial charge in [0.1, 0.15) is 5.78 Å². The molecule has 1 aliphatic heterocycles. The van der Waals surface area contributed by atoms with Crippen LogP contribution in [0.4, 0.5) is 5.69 Å². The van der Waals surface area contributed by atoms with Crippen molar-refractivity contribution < 1.29 is 22.7 Å². The molecule has 4 rings (SSSR count). The number of carbonyl (C=O) groups excluding carboxylic acids is 2. The van der Waals surface area contributed by atoms with E-state index in [0.717, 1.165) is 30.5 Å². The van der Waals surface area contributed by atoms with Crippen molar-refractivity contribution in [3.8, 4) is 5.88 Å². The zero-order valence-electron chi connectivity index (χ0n) is 19.5. The molecule has 2 aliphatic rings. The maximum atomic E-state index is 13.2. The fraction of sp³-hybridized carbons (Fsp3) is 0.500. The minimum Gasteiger partial charge on any atom is -0.480 e. The molecule has 0 radical (unpaired) electrons. The van der Waals surface area contributed by atoms with E-state index in [4.69, 9.17) is 4.74 Å². The molecule has 10 heteroatoms. The first-order chi connectivity index (χ1) is 16.2. The minimum atomic E-state index is -3.24. The molecule has 0 spiro atoms. The van der Waals surface area contributed by atoms with E-state index in [1.165, 1.54) is 25.8 Å². The number of anilines is 1. The number of carbonyl (C=O) groups is 2. The van der Waals surface area contributed by atoms with Gasteiger partial charge in [-0.25, -0.2) is 18.1 Å². The lowest BCUT2D eigenvalue weighted by Crippen LogP contribution is -2.42. The molecule has 182 valence electrons. The van der Waals surface area contributed by atoms with Crippen LogP contribution in [0.3, 0.4) is 0 Å². The summed E-state index contributed by atoms with van der Waals surface area (Å²) in [7, 11) is -1.74. The van der Waals surface area contributed by atoms with Crippen LogP contribution in [0.25, 0.3) is 0 Å². The Morgan fingerprint density at radius 2 is 1.94 bits per heavy atom. The lowest BCUT2D eigenvalue weighted by atomic mass is 9.90. The van der Waals surface area contributed by atoms with E-state index in [1.54, 1.807) is 4.90 Å². The molecule has 34 heavy (non-hydrogen) atoms. The highest BCUT2D eigenvalue weighted by molar-refractivity contribution is 7.88. The van der Waals surface area contributed by atoms with Crippen LogP contribution in [0, 0.1) is 5.92 Å². The highest BCUT2D eigenvalue weighted by atomic mass is 32.2. The molecular formula is C24H30N4O5S. The number of nitrogens with one attached hydrogen (secondary N) is 1. The van der Waals surface area contributed by atoms with E-state index in [1.807, 2.05) is 24.3 Å². The molecular weight excluding hydrogens is 456 g/mol. The van der Waals surface area contributed by atoms with Gasteiger partial charge in [0, 0.05) is 36.5 Å². The lowest BCUT2D eigenvalue weighted by molar-refractivity contribution is -0.128. The molecule has 2 heterocycles. The molecule has 1 saturated heterocycles. The van der Waals surface area contributed by atoms with Gasteiger partial charge in [-0.15, -0.1) is 0 Å². The standard InChI is InChI=1S/C24H30N4O5S/c1-33-22-15-25-19(14-26-22)13-21(29)12-17-4-3-11-28(23(17)30)20-7-5-18(6-8-20)24(9-10-24)16-27-34(2,31)32/h5-8,14-15,17,27H,3-4,9-13,16H2,1-2H3/t17-/m1/s1. The van der Waals surface area contributed by atoms with Crippen LogP contribution < -0.4 is 14.4 Å². The Hall–Kier alpha value is -2.85. The molecule has 1 aliphatic carbocycles. The predicted molar refractivity (Wildman–Crippen MR) is 127 cm³/mol. The van der Waals surface area contributed by atoms with Crippen molar-refractivity contribution in [3.05, 3.63) is 47.9 Å². The fourth-order valence-electron chi connectivity index (χ4n) is 4.47. The highest BCUT2D eigenvalue weighted by Crippen LogP contribution is 2.48. The van der Waals surface area contributed by atoms with Crippen LogP contribution in [-0.2, 0) is 31.4 Å². The summed E-state index contributed by atoms with van der Waals surface area (Å²) in [5.74, 6) is -0.0300. The Labute approximate surface area is 200 Å². The van der Waals surface area contributed by atoms with Gasteiger partial charge < -0.3 is 9.64 Å². The third kappa shape index (κ3) is 5.79. The third-order valence-electron chi connectivity index (χ3n) is 6.61. The Bertz CT molecular complexity index is 1140. The summed E-state index contributed by atoms with van der Waals surface area (Å²) in [6.45, 7) is 1.00. The zero-order valence-corrected chi connectivity index (χ0v) is 20.3. The van der Waals surface area contributed by atoms with E-state index in [0.29, 0.717) is 31.1 Å². The summed E-state index contributed by atoms with van der Waals surface area (Å²) in [5.41, 5.74) is 2.27. The Morgan fingerprint density at radius 3 is 2.53 bits per heavy atom. The number of rotatable bonds is 10. The van der Waals surface area contributed by atoms with Crippen LogP contribution in [0.15, 0.2) is 36.7 Å². The normalized spacial score (nSPS) is 19.6. The predicted octanol–water partition coefficient (Wildman–Crippen LogP) is 2.01. The lowest BCUT2D eigenvalue weighted by Gasteiger charge is -2.32. The number of ketones is 1. The summed E-state index contributed by atoms with van der Waals surface area (Å²) in [4.78, 5) is 35.8. The van der Waals surface area contributed by atoms with Crippen molar-refractivity contribution in [2.45, 2.75) is 43.9 Å². The van der Waals surface area contributed by atoms with Gasteiger partial charge in [-0.1, -0.05) is 12.1 Å². The summed E-state index contributed by atoms with van der Waals surface area (Å²) in [6.07, 6.45) is 7.86. The van der Waals surface area contributed by atoms with Crippen molar-refractivity contribution in [2.24, 2.45) is 5.92 Å². The van der Waals surface area contributed by atoms with Gasteiger partial charge in [-0.05, 0) is 43.4 Å². The van der Waals surface area contributed by atoms with E-state index < -0.39 is 10.0 Å². The van der Waals surface area contributed by atoms with Crippen LogP contribution in [-0.4, -0.2) is 56.5 Å². The monoisotopic (exact) mass is 486 g/mol. The Balaban J connectivity index is 1.37. The molecule has 9 nitrogen and oxygen atoms in total. The molecule has 0 bridgehead atoms. The highest BCUT2D eigenvalue weighted by Gasteiger charge is 2.44. The van der Waals surface area contributed by atoms with E-state index in [-0.39, 0.29) is 35.9 Å². The molecule has 1 amide bonds. The van der Waals surface area contributed by atoms with Gasteiger partial charge in [0.15, 0.2) is 0 Å². The third-order valence-corrected chi connectivity index (χ3v) is 7.28. The second-order valence-electron chi connectivity index (χ2n) is 9.22. The topological polar surface area (TPSA) is 119 Å². The molecule has 2 fully saturated rings. The molecule has 2 aromatic rings. The Morgan fingerprint density at radius 1 is 1.21 bits per heavy atom. The van der Waals surface area contributed by atoms with Gasteiger partial charge in [0.05, 0.1) is 37.9 Å². The van der Waals surface area contributed by atoms with Crippen molar-refractivity contribution in [3.63, 3.8) is 0 Å². The number of hydrogen-bond acceptors (Lipinski definition) is 7. The van der Waals surface area contributed by atoms with Gasteiger partial charge in [-0.2, -0.15) is 0 Å². The number of aromatic nitrogens is 2. The van der Waals surface area contributed by atoms with Crippen LogP contribution in [0.5, 0.6) is 5.88 Å². The molecule has 0 unspecified atom stereocenters. The number of hydrogen-bond donors (Lipinski definition) is 1. The first kappa shape index (κ1) is 24.3. The average molecular weight is 487 g/mol. The molecule has 1 aromatic carbocycles. The van der Waals surface area contributed by atoms with E-state index in [2.05, 4.69) is 14.7 Å². The van der Waals surface area contributed by atoms with E-state index >= 15 is 0 Å². The van der Waals surface area contributed by atoms with Gasteiger partial charge >= 0.3 is 0 Å². The average Bonchev–Trinajstić information content (AvgIpc) is 3.61. The quantitative estimate of drug-likeness (QED) is 0.546. The summed E-state index contributed by atoms with van der Waals surface area (Å²) < 4.78 is 30.6. The summed E-state index contributed by atoms with van der Waals surface area (Å²) in [5, 5.41) is 0. The number of ether oxygens (including phenoxy) is 1. The fourth-order valence-corrected chi connectivity index (χ4v) is 5.01. The van der Waals surface area contributed by atoms with Crippen LogP contribution in [0.1, 0.15) is 43.4 Å². The van der Waals surface area contributed by atoms with Crippen molar-refractivity contribution in [2.75, 3.05) is 31.4 Å². The zero-order chi connectivity index (χ0) is 24.3. The minimum absolute atomic E-state index is 0.0342. The Kier molecular flexibility index (Phi) is 6.99. The van der Waals surface area contributed by atoms with Crippen LogP contribution in [0.2, 0.25) is 0 Å². The first-order valence-corrected chi connectivity index (χ1v) is 13.3. The maximum Gasteiger partial charge on any atom is 0.231 e. The number of benzene rings is 1. The van der Waals surface area contributed by atoms with Crippen molar-refractivity contribution in [1.29, 1.82) is 0 Å². The summed E-state index contributed by atoms with van der Waals surface area (Å²) in [6, 6.07) is 7.81. The van der Waals surface area contributed by atoms with Gasteiger partial charge in [-0.3, -0.25) is 14.6 Å². The molecule has 1 aromatic heterocycles. The number of Topliss-reactive ketones (excluding diaryl/α,β-unsaturated/α-hetero) is 1. The SMILES string of the molecule is COc1cnc(CC(=O)C[C@H]2CCCN(c3ccc(C4(CNS(C)(=O)=O)CC4)cc3)C2=O)cn1. The van der Waals surface area contributed by atoms with Crippen LogP contribution >= 0.6 is 0 Å². The maximum absolute atomic E-state index is 13.2. The van der Waals surface area contributed by atoms with Gasteiger partial charge in [0.2, 0.25) is 21.8 Å². The number of nitrogens with zero attached hydrogens (tertiary/aromatic N) is 3. The van der Waals surface area contributed by atoms with Crippen molar-refractivity contribution >= 4 is 27.4 Å². The van der Waals surface area contributed by atoms with E-state index in [9.17, 15) is 18.0 Å².